The Bertz CT molecular complexity index is 1460. The van der Waals surface area contributed by atoms with Crippen LogP contribution in [0.3, 0.4) is 0 Å². The fraction of sp³-hybridized carbons (Fsp3) is 0.207. The van der Waals surface area contributed by atoms with Crippen LogP contribution in [0.1, 0.15) is 11.1 Å². The van der Waals surface area contributed by atoms with Crippen molar-refractivity contribution in [3.63, 3.8) is 0 Å². The van der Waals surface area contributed by atoms with Crippen LogP contribution in [-0.2, 0) is 16.0 Å². The molecule has 1 unspecified atom stereocenters. The molecule has 204 valence electrons. The predicted molar refractivity (Wildman–Crippen MR) is 160 cm³/mol. The zero-order valence-electron chi connectivity index (χ0n) is 21.6. The molecule has 3 aromatic carbocycles. The first-order valence-electron chi connectivity index (χ1n) is 12.8. The highest BCUT2D eigenvalue weighted by Crippen LogP contribution is 2.22. The van der Waals surface area contributed by atoms with Gasteiger partial charge in [-0.2, -0.15) is 16.4 Å². The van der Waals surface area contributed by atoms with Gasteiger partial charge in [-0.05, 0) is 64.5 Å². The molecule has 2 amide bonds. The lowest BCUT2D eigenvalue weighted by atomic mass is 10.0. The SMILES string of the molecule is O=C(C=Cc1cc(Cl)ccc1-n1cnnn1)NC(Cc1ccccc1)C(=O)Nc1ccc(N2CCSCC2)cc1. The number of aromatic nitrogens is 4. The van der Waals surface area contributed by atoms with Gasteiger partial charge >= 0.3 is 0 Å². The van der Waals surface area contributed by atoms with E-state index in [1.807, 2.05) is 66.4 Å². The van der Waals surface area contributed by atoms with Crippen molar-refractivity contribution in [2.45, 2.75) is 12.5 Å². The maximum Gasteiger partial charge on any atom is 0.247 e. The second kappa shape index (κ2) is 13.3. The summed E-state index contributed by atoms with van der Waals surface area (Å²) >= 11 is 8.15. The number of hydrogen-bond donors (Lipinski definition) is 2. The maximum atomic E-state index is 13.4. The van der Waals surface area contributed by atoms with Crippen LogP contribution in [0.5, 0.6) is 0 Å². The predicted octanol–water partition coefficient (Wildman–Crippen LogP) is 4.25. The molecule has 11 heteroatoms. The molecule has 1 aliphatic heterocycles. The lowest BCUT2D eigenvalue weighted by molar-refractivity contribution is -0.123. The summed E-state index contributed by atoms with van der Waals surface area (Å²) in [5.74, 6) is 1.51. The molecule has 1 atom stereocenters. The summed E-state index contributed by atoms with van der Waals surface area (Å²) in [6.07, 6.45) is 4.78. The smallest absolute Gasteiger partial charge is 0.247 e. The zero-order valence-corrected chi connectivity index (χ0v) is 23.2. The molecule has 0 bridgehead atoms. The largest absolute Gasteiger partial charge is 0.370 e. The number of benzene rings is 3. The van der Waals surface area contributed by atoms with Gasteiger partial charge in [0.25, 0.3) is 0 Å². The summed E-state index contributed by atoms with van der Waals surface area (Å²) in [5, 5.41) is 17.6. The van der Waals surface area contributed by atoms with Crippen molar-refractivity contribution >= 4 is 52.6 Å². The van der Waals surface area contributed by atoms with Gasteiger partial charge in [-0.3, -0.25) is 9.59 Å². The molecular formula is C29H28ClN7O2S. The third-order valence-corrected chi connectivity index (χ3v) is 7.60. The number of anilines is 2. The van der Waals surface area contributed by atoms with E-state index in [4.69, 9.17) is 11.6 Å². The number of nitrogens with one attached hydrogen (secondary N) is 2. The molecule has 0 saturated carbocycles. The average Bonchev–Trinajstić information content (AvgIpc) is 3.52. The van der Waals surface area contributed by atoms with Crippen molar-refractivity contribution in [2.75, 3.05) is 34.8 Å². The van der Waals surface area contributed by atoms with Crippen LogP contribution < -0.4 is 15.5 Å². The molecule has 40 heavy (non-hydrogen) atoms. The van der Waals surface area contributed by atoms with E-state index in [2.05, 4.69) is 31.1 Å². The van der Waals surface area contributed by atoms with E-state index in [1.165, 1.54) is 17.1 Å². The molecule has 0 spiro atoms. The Labute approximate surface area is 241 Å². The lowest BCUT2D eigenvalue weighted by Gasteiger charge is -2.28. The summed E-state index contributed by atoms with van der Waals surface area (Å²) in [6.45, 7) is 2.03. The monoisotopic (exact) mass is 573 g/mol. The van der Waals surface area contributed by atoms with Crippen molar-refractivity contribution in [3.05, 3.63) is 101 Å². The van der Waals surface area contributed by atoms with Gasteiger partial charge in [-0.1, -0.05) is 41.9 Å². The van der Waals surface area contributed by atoms with Gasteiger partial charge in [0.15, 0.2) is 0 Å². The molecule has 0 aliphatic carbocycles. The first-order chi connectivity index (χ1) is 19.5. The molecule has 2 heterocycles. The standard InChI is InChI=1S/C29H28ClN7O2S/c30-23-7-12-27(37-20-31-34-35-37)22(19-23)6-13-28(38)33-26(18-21-4-2-1-3-5-21)29(39)32-24-8-10-25(11-9-24)36-14-16-40-17-15-36/h1-13,19-20,26H,14-18H2,(H,32,39)(H,33,38). The molecule has 0 radical (unpaired) electrons. The number of carbonyl (C=O) groups excluding carboxylic acids is 2. The number of thioether (sulfide) groups is 1. The quantitative estimate of drug-likeness (QED) is 0.288. The molecular weight excluding hydrogens is 546 g/mol. The molecule has 2 N–H and O–H groups in total. The van der Waals surface area contributed by atoms with E-state index in [0.29, 0.717) is 28.4 Å². The zero-order chi connectivity index (χ0) is 27.7. The Hall–Kier alpha value is -4.15. The molecule has 1 aliphatic rings. The highest BCUT2D eigenvalue weighted by atomic mass is 35.5. The van der Waals surface area contributed by atoms with Gasteiger partial charge in [0.1, 0.15) is 12.4 Å². The number of hydrogen-bond acceptors (Lipinski definition) is 7. The highest BCUT2D eigenvalue weighted by Gasteiger charge is 2.21. The minimum absolute atomic E-state index is 0.301. The third kappa shape index (κ3) is 7.28. The molecule has 5 rings (SSSR count). The molecule has 9 nitrogen and oxygen atoms in total. The van der Waals surface area contributed by atoms with E-state index in [-0.39, 0.29) is 5.91 Å². The molecule has 1 fully saturated rings. The lowest BCUT2D eigenvalue weighted by Crippen LogP contribution is -2.44. The van der Waals surface area contributed by atoms with Crippen LogP contribution in [-0.4, -0.2) is 62.7 Å². The first-order valence-corrected chi connectivity index (χ1v) is 14.4. The summed E-state index contributed by atoms with van der Waals surface area (Å²) in [4.78, 5) is 28.7. The topological polar surface area (TPSA) is 105 Å². The second-order valence-electron chi connectivity index (χ2n) is 9.18. The van der Waals surface area contributed by atoms with E-state index in [9.17, 15) is 9.59 Å². The van der Waals surface area contributed by atoms with Crippen LogP contribution in [0.25, 0.3) is 11.8 Å². The van der Waals surface area contributed by atoms with Crippen LogP contribution in [0.2, 0.25) is 5.02 Å². The number of tetrazole rings is 1. The second-order valence-corrected chi connectivity index (χ2v) is 10.8. The summed E-state index contributed by atoms with van der Waals surface area (Å²) in [5.41, 5.74) is 4.05. The van der Waals surface area contributed by atoms with E-state index in [1.54, 1.807) is 24.3 Å². The number of amides is 2. The van der Waals surface area contributed by atoms with Gasteiger partial charge in [-0.25, -0.2) is 0 Å². The summed E-state index contributed by atoms with van der Waals surface area (Å²) in [6, 6.07) is 21.8. The van der Waals surface area contributed by atoms with Crippen LogP contribution in [0.15, 0.2) is 85.2 Å². The summed E-state index contributed by atoms with van der Waals surface area (Å²) < 4.78 is 1.48. The fourth-order valence-corrected chi connectivity index (χ4v) is 5.47. The minimum atomic E-state index is -0.795. The van der Waals surface area contributed by atoms with Crippen molar-refractivity contribution in [1.29, 1.82) is 0 Å². The van der Waals surface area contributed by atoms with Crippen LogP contribution >= 0.6 is 23.4 Å². The van der Waals surface area contributed by atoms with E-state index < -0.39 is 11.9 Å². The average molecular weight is 574 g/mol. The van der Waals surface area contributed by atoms with E-state index in [0.717, 1.165) is 35.8 Å². The fourth-order valence-electron chi connectivity index (χ4n) is 4.39. The number of halogens is 1. The number of nitrogens with zero attached hydrogens (tertiary/aromatic N) is 5. The Morgan fingerprint density at radius 1 is 1.02 bits per heavy atom. The highest BCUT2D eigenvalue weighted by molar-refractivity contribution is 7.99. The van der Waals surface area contributed by atoms with Crippen LogP contribution in [0, 0.1) is 0 Å². The van der Waals surface area contributed by atoms with E-state index >= 15 is 0 Å². The van der Waals surface area contributed by atoms with Gasteiger partial charge < -0.3 is 15.5 Å². The van der Waals surface area contributed by atoms with Gasteiger partial charge in [0.2, 0.25) is 11.8 Å². The Kier molecular flexibility index (Phi) is 9.10. The first kappa shape index (κ1) is 27.4. The van der Waals surface area contributed by atoms with Crippen molar-refractivity contribution in [2.24, 2.45) is 0 Å². The number of carbonyl (C=O) groups is 2. The molecule has 1 saturated heterocycles. The van der Waals surface area contributed by atoms with Gasteiger partial charge in [0.05, 0.1) is 5.69 Å². The van der Waals surface area contributed by atoms with Crippen LogP contribution in [0.4, 0.5) is 11.4 Å². The Morgan fingerprint density at radius 3 is 2.52 bits per heavy atom. The molecule has 4 aromatic rings. The van der Waals surface area contributed by atoms with Crippen molar-refractivity contribution < 1.29 is 9.59 Å². The number of rotatable bonds is 9. The Balaban J connectivity index is 1.29. The Morgan fingerprint density at radius 2 is 1.80 bits per heavy atom. The minimum Gasteiger partial charge on any atom is -0.370 e. The van der Waals surface area contributed by atoms with Gasteiger partial charge in [0, 0.05) is 59.1 Å². The maximum absolute atomic E-state index is 13.4. The third-order valence-electron chi connectivity index (χ3n) is 6.43. The molecule has 1 aromatic heterocycles. The normalized spacial score (nSPS) is 14.2. The summed E-state index contributed by atoms with van der Waals surface area (Å²) in [7, 11) is 0. The van der Waals surface area contributed by atoms with Gasteiger partial charge in [-0.15, -0.1) is 5.10 Å². The van der Waals surface area contributed by atoms with Crippen molar-refractivity contribution in [3.8, 4) is 5.69 Å². The van der Waals surface area contributed by atoms with Crippen molar-refractivity contribution in [1.82, 2.24) is 25.5 Å².